The molecule has 0 aliphatic carbocycles. The van der Waals surface area contributed by atoms with Crippen LogP contribution in [0.4, 0.5) is 0 Å². The first-order valence-corrected chi connectivity index (χ1v) is 12.7. The van der Waals surface area contributed by atoms with E-state index in [2.05, 4.69) is 4.98 Å². The normalized spacial score (nSPS) is 16.4. The summed E-state index contributed by atoms with van der Waals surface area (Å²) in [4.78, 5) is 4.12. The lowest BCUT2D eigenvalue weighted by molar-refractivity contribution is 0.165. The second kappa shape index (κ2) is 10.4. The number of sulfonamides is 1. The van der Waals surface area contributed by atoms with Crippen molar-refractivity contribution in [1.82, 2.24) is 9.29 Å². The Hall–Kier alpha value is -2.46. The highest BCUT2D eigenvalue weighted by Gasteiger charge is 2.26. The summed E-state index contributed by atoms with van der Waals surface area (Å²) >= 11 is 1.21. The van der Waals surface area contributed by atoms with Crippen LogP contribution in [0.2, 0.25) is 0 Å². The molecule has 1 saturated heterocycles. The zero-order chi connectivity index (χ0) is 22.4. The van der Waals surface area contributed by atoms with E-state index in [0.717, 1.165) is 24.2 Å². The Balaban J connectivity index is 1.58. The van der Waals surface area contributed by atoms with E-state index >= 15 is 0 Å². The second-order valence-electron chi connectivity index (χ2n) is 7.59. The second-order valence-corrected chi connectivity index (χ2v) is 10.7. The average molecular weight is 475 g/mol. The van der Waals surface area contributed by atoms with Gasteiger partial charge in [0, 0.05) is 38.0 Å². The molecule has 32 heavy (non-hydrogen) atoms. The number of hydrogen-bond donors (Lipinski definition) is 0. The van der Waals surface area contributed by atoms with Crippen LogP contribution in [0, 0.1) is 5.92 Å². The molecule has 0 spiro atoms. The van der Waals surface area contributed by atoms with E-state index in [4.69, 9.17) is 14.2 Å². The van der Waals surface area contributed by atoms with Crippen LogP contribution in [0.5, 0.6) is 11.5 Å². The third-order valence-electron chi connectivity index (χ3n) is 5.26. The van der Waals surface area contributed by atoms with Gasteiger partial charge < -0.3 is 14.2 Å². The van der Waals surface area contributed by atoms with Crippen molar-refractivity contribution in [1.29, 1.82) is 0 Å². The Kier molecular flexibility index (Phi) is 7.41. The minimum absolute atomic E-state index is 0.196. The summed E-state index contributed by atoms with van der Waals surface area (Å²) in [5.41, 5.74) is 1.63. The van der Waals surface area contributed by atoms with Crippen LogP contribution in [0.25, 0.3) is 0 Å². The van der Waals surface area contributed by atoms with Gasteiger partial charge in [-0.1, -0.05) is 18.2 Å². The summed E-state index contributed by atoms with van der Waals surface area (Å²) in [6.07, 6.45) is 4.33. The molecule has 170 valence electrons. The van der Waals surface area contributed by atoms with Gasteiger partial charge in [0.25, 0.3) is 10.0 Å². The van der Waals surface area contributed by atoms with Gasteiger partial charge in [0.1, 0.15) is 4.21 Å². The topological polar surface area (TPSA) is 78.0 Å². The summed E-state index contributed by atoms with van der Waals surface area (Å²) in [5, 5.41) is 1.77. The zero-order valence-corrected chi connectivity index (χ0v) is 19.5. The fraction of sp³-hybridized carbons (Fsp3) is 0.348. The van der Waals surface area contributed by atoms with Gasteiger partial charge >= 0.3 is 0 Å². The maximum absolute atomic E-state index is 13.4. The Morgan fingerprint density at radius 1 is 1.16 bits per heavy atom. The molecule has 0 bridgehead atoms. The minimum atomic E-state index is -3.67. The van der Waals surface area contributed by atoms with Gasteiger partial charge in [0.2, 0.25) is 0 Å². The summed E-state index contributed by atoms with van der Waals surface area (Å²) in [6.45, 7) is 2.40. The van der Waals surface area contributed by atoms with Crippen LogP contribution in [0.3, 0.4) is 0 Å². The van der Waals surface area contributed by atoms with Crippen LogP contribution >= 0.6 is 11.3 Å². The number of thiophene rings is 1. The maximum atomic E-state index is 13.4. The van der Waals surface area contributed by atoms with E-state index in [0.29, 0.717) is 34.8 Å². The number of benzene rings is 1. The molecule has 0 N–H and O–H groups in total. The molecule has 1 aliphatic heterocycles. The van der Waals surface area contributed by atoms with Gasteiger partial charge in [0.15, 0.2) is 11.5 Å². The number of nitrogens with zero attached hydrogens (tertiary/aromatic N) is 2. The van der Waals surface area contributed by atoms with Gasteiger partial charge in [-0.2, -0.15) is 4.31 Å². The third kappa shape index (κ3) is 5.47. The van der Waals surface area contributed by atoms with Gasteiger partial charge in [-0.3, -0.25) is 4.98 Å². The molecule has 7 nitrogen and oxygen atoms in total. The first-order valence-electron chi connectivity index (χ1n) is 10.4. The van der Waals surface area contributed by atoms with Crippen molar-refractivity contribution >= 4 is 21.4 Å². The molecule has 2 aromatic heterocycles. The zero-order valence-electron chi connectivity index (χ0n) is 17.8. The first kappa shape index (κ1) is 22.7. The lowest BCUT2D eigenvalue weighted by Gasteiger charge is -2.22. The Labute approximate surface area is 192 Å². The van der Waals surface area contributed by atoms with E-state index in [1.54, 1.807) is 43.1 Å². The number of ether oxygens (including phenoxy) is 3. The summed E-state index contributed by atoms with van der Waals surface area (Å²) in [5.74, 6) is 1.57. The summed E-state index contributed by atoms with van der Waals surface area (Å²) < 4.78 is 45.4. The molecule has 0 saturated carbocycles. The molecule has 3 heterocycles. The van der Waals surface area contributed by atoms with Crippen LogP contribution in [-0.2, 0) is 27.8 Å². The lowest BCUT2D eigenvalue weighted by Crippen LogP contribution is -2.29. The molecule has 3 aromatic rings. The van der Waals surface area contributed by atoms with Crippen molar-refractivity contribution in [3.05, 3.63) is 71.4 Å². The molecule has 1 fully saturated rings. The third-order valence-corrected chi connectivity index (χ3v) is 8.42. The van der Waals surface area contributed by atoms with Crippen molar-refractivity contribution in [2.75, 3.05) is 26.9 Å². The van der Waals surface area contributed by atoms with E-state index < -0.39 is 10.0 Å². The molecule has 1 aliphatic rings. The highest BCUT2D eigenvalue weighted by Crippen LogP contribution is 2.31. The van der Waals surface area contributed by atoms with E-state index in [-0.39, 0.29) is 13.1 Å². The highest BCUT2D eigenvalue weighted by molar-refractivity contribution is 7.91. The minimum Gasteiger partial charge on any atom is -0.493 e. The van der Waals surface area contributed by atoms with Gasteiger partial charge in [0.05, 0.1) is 20.3 Å². The van der Waals surface area contributed by atoms with Crippen molar-refractivity contribution in [3.63, 3.8) is 0 Å². The molecule has 9 heteroatoms. The van der Waals surface area contributed by atoms with Gasteiger partial charge in [-0.05, 0) is 47.2 Å². The van der Waals surface area contributed by atoms with Crippen molar-refractivity contribution in [2.45, 2.75) is 23.7 Å². The standard InChI is InChI=1S/C23H26N2O5S2/c1-28-21-7-6-18(12-22(21)30-17-20-8-10-29-16-20)14-25(15-19-4-2-9-24-13-19)32(26,27)23-5-3-11-31-23/h2-7,9,11-13,20H,8,10,14-17H2,1H3. The van der Waals surface area contributed by atoms with Crippen molar-refractivity contribution < 1.29 is 22.6 Å². The Morgan fingerprint density at radius 2 is 2.03 bits per heavy atom. The largest absolute Gasteiger partial charge is 0.493 e. The van der Waals surface area contributed by atoms with Crippen LogP contribution in [0.1, 0.15) is 17.5 Å². The molecular formula is C23H26N2O5S2. The van der Waals surface area contributed by atoms with Gasteiger partial charge in [-0.25, -0.2) is 8.42 Å². The number of rotatable bonds is 10. The van der Waals surface area contributed by atoms with Crippen molar-refractivity contribution in [2.24, 2.45) is 5.92 Å². The van der Waals surface area contributed by atoms with Crippen LogP contribution in [-0.4, -0.2) is 44.6 Å². The lowest BCUT2D eigenvalue weighted by atomic mass is 10.1. The smallest absolute Gasteiger partial charge is 0.253 e. The van der Waals surface area contributed by atoms with Crippen LogP contribution < -0.4 is 9.47 Å². The fourth-order valence-electron chi connectivity index (χ4n) is 3.52. The number of methoxy groups -OCH3 is 1. The monoisotopic (exact) mass is 474 g/mol. The Bertz CT molecular complexity index is 1100. The maximum Gasteiger partial charge on any atom is 0.253 e. The van der Waals surface area contributed by atoms with Gasteiger partial charge in [-0.15, -0.1) is 11.3 Å². The highest BCUT2D eigenvalue weighted by atomic mass is 32.2. The average Bonchev–Trinajstić information content (AvgIpc) is 3.53. The first-order chi connectivity index (χ1) is 15.6. The molecule has 0 amide bonds. The van der Waals surface area contributed by atoms with Crippen molar-refractivity contribution in [3.8, 4) is 11.5 Å². The number of hydrogen-bond acceptors (Lipinski definition) is 7. The summed E-state index contributed by atoms with van der Waals surface area (Å²) in [7, 11) is -2.08. The van der Waals surface area contributed by atoms with E-state index in [9.17, 15) is 8.42 Å². The predicted molar refractivity (Wildman–Crippen MR) is 122 cm³/mol. The van der Waals surface area contributed by atoms with Crippen LogP contribution in [0.15, 0.2) is 64.4 Å². The molecule has 4 rings (SSSR count). The number of aromatic nitrogens is 1. The molecule has 0 radical (unpaired) electrons. The number of pyridine rings is 1. The fourth-order valence-corrected chi connectivity index (χ4v) is 6.08. The molecule has 1 unspecified atom stereocenters. The van der Waals surface area contributed by atoms with E-state index in [1.807, 2.05) is 24.3 Å². The quantitative estimate of drug-likeness (QED) is 0.443. The SMILES string of the molecule is COc1ccc(CN(Cc2cccnc2)S(=O)(=O)c2cccs2)cc1OCC1CCOC1. The van der Waals surface area contributed by atoms with E-state index in [1.165, 1.54) is 15.6 Å². The molecular weight excluding hydrogens is 448 g/mol. The Morgan fingerprint density at radius 3 is 2.72 bits per heavy atom. The predicted octanol–water partition coefficient (Wildman–Crippen LogP) is 3.96. The molecule has 1 aromatic carbocycles. The molecule has 1 atom stereocenters. The summed E-state index contributed by atoms with van der Waals surface area (Å²) in [6, 6.07) is 12.6.